The molecule has 1 fully saturated rings. The molecule has 20 heavy (non-hydrogen) atoms. The molecule has 0 bridgehead atoms. The maximum absolute atomic E-state index is 11.2. The fourth-order valence-electron chi connectivity index (χ4n) is 2.91. The number of para-hydroxylation sites is 1. The van der Waals surface area contributed by atoms with E-state index in [1.165, 1.54) is 0 Å². The highest BCUT2D eigenvalue weighted by atomic mass is 16.4. The fraction of sp³-hybridized carbons (Fsp3) is 0.429. The van der Waals surface area contributed by atoms with Gasteiger partial charge in [-0.1, -0.05) is 18.2 Å². The Morgan fingerprint density at radius 2 is 2.20 bits per heavy atom. The van der Waals surface area contributed by atoms with E-state index in [1.54, 1.807) is 9.58 Å². The Bertz CT molecular complexity index is 652. The van der Waals surface area contributed by atoms with E-state index in [9.17, 15) is 15.0 Å². The number of benzene rings is 1. The number of carboxylic acids is 1. The average Bonchev–Trinajstić information content (AvgIpc) is 2.92. The maximum atomic E-state index is 11.2. The number of fused-ring (bicyclic) bond motifs is 1. The van der Waals surface area contributed by atoms with Crippen molar-refractivity contribution in [2.45, 2.75) is 25.1 Å². The number of aromatic nitrogens is 2. The molecule has 1 aliphatic heterocycles. The molecule has 0 saturated carbocycles. The second kappa shape index (κ2) is 4.88. The van der Waals surface area contributed by atoms with E-state index in [1.807, 2.05) is 31.3 Å². The van der Waals surface area contributed by atoms with E-state index in [2.05, 4.69) is 5.10 Å². The second-order valence-corrected chi connectivity index (χ2v) is 5.26. The Labute approximate surface area is 116 Å². The van der Waals surface area contributed by atoms with Gasteiger partial charge in [-0.15, -0.1) is 0 Å². The molecule has 3 rings (SSSR count). The van der Waals surface area contributed by atoms with Crippen LogP contribution in [0, 0.1) is 0 Å². The maximum Gasteiger partial charge on any atom is 0.321 e. The number of carboxylic acid groups (broad SMARTS) is 1. The third-order valence-corrected chi connectivity index (χ3v) is 3.85. The number of β-amino-alcohol motifs (C(OH)–C–C–N with tert-alkyl or cyclic N) is 1. The van der Waals surface area contributed by atoms with Gasteiger partial charge in [0, 0.05) is 31.9 Å². The SMILES string of the molecule is Cn1nc(CN2CC(O)CC2C(=O)O)c2ccccc21. The van der Waals surface area contributed by atoms with E-state index in [4.69, 9.17) is 0 Å². The van der Waals surface area contributed by atoms with Crippen LogP contribution in [0.15, 0.2) is 24.3 Å². The van der Waals surface area contributed by atoms with Crippen LogP contribution in [0.4, 0.5) is 0 Å². The lowest BCUT2D eigenvalue weighted by Crippen LogP contribution is -2.35. The van der Waals surface area contributed by atoms with Crippen molar-refractivity contribution in [3.63, 3.8) is 0 Å². The Morgan fingerprint density at radius 3 is 2.95 bits per heavy atom. The predicted octanol–water partition coefficient (Wildman–Crippen LogP) is 0.593. The highest BCUT2D eigenvalue weighted by Crippen LogP contribution is 2.24. The largest absolute Gasteiger partial charge is 0.480 e. The summed E-state index contributed by atoms with van der Waals surface area (Å²) in [6.45, 7) is 0.817. The van der Waals surface area contributed by atoms with Crippen LogP contribution in [-0.2, 0) is 18.4 Å². The summed E-state index contributed by atoms with van der Waals surface area (Å²) in [6.07, 6.45) is -0.300. The van der Waals surface area contributed by atoms with Crippen molar-refractivity contribution in [1.29, 1.82) is 0 Å². The highest BCUT2D eigenvalue weighted by Gasteiger charge is 2.36. The number of aliphatic hydroxyl groups is 1. The summed E-state index contributed by atoms with van der Waals surface area (Å²) in [5.41, 5.74) is 1.87. The van der Waals surface area contributed by atoms with Crippen LogP contribution in [-0.4, -0.2) is 49.6 Å². The molecule has 0 spiro atoms. The number of rotatable bonds is 3. The number of hydrogen-bond acceptors (Lipinski definition) is 4. The Balaban J connectivity index is 1.91. The smallest absolute Gasteiger partial charge is 0.321 e. The van der Waals surface area contributed by atoms with E-state index in [-0.39, 0.29) is 6.42 Å². The molecule has 1 aromatic carbocycles. The minimum Gasteiger partial charge on any atom is -0.480 e. The van der Waals surface area contributed by atoms with Crippen molar-refractivity contribution >= 4 is 16.9 Å². The molecule has 1 aromatic heterocycles. The second-order valence-electron chi connectivity index (χ2n) is 5.26. The van der Waals surface area contributed by atoms with Crippen LogP contribution in [0.2, 0.25) is 0 Å². The quantitative estimate of drug-likeness (QED) is 0.857. The molecule has 2 aromatic rings. The van der Waals surface area contributed by atoms with E-state index in [0.29, 0.717) is 13.1 Å². The lowest BCUT2D eigenvalue weighted by Gasteiger charge is -2.19. The van der Waals surface area contributed by atoms with Gasteiger partial charge >= 0.3 is 5.97 Å². The zero-order valence-electron chi connectivity index (χ0n) is 11.2. The van der Waals surface area contributed by atoms with Gasteiger partial charge in [-0.05, 0) is 6.07 Å². The molecular weight excluding hydrogens is 258 g/mol. The average molecular weight is 275 g/mol. The van der Waals surface area contributed by atoms with Crippen LogP contribution in [0.5, 0.6) is 0 Å². The minimum atomic E-state index is -0.887. The molecule has 2 atom stereocenters. The molecule has 0 amide bonds. The molecule has 106 valence electrons. The van der Waals surface area contributed by atoms with Crippen LogP contribution < -0.4 is 0 Å². The number of nitrogens with zero attached hydrogens (tertiary/aromatic N) is 3. The summed E-state index contributed by atoms with van der Waals surface area (Å²) in [5.74, 6) is -0.887. The summed E-state index contributed by atoms with van der Waals surface area (Å²) in [7, 11) is 1.87. The summed E-state index contributed by atoms with van der Waals surface area (Å²) in [5, 5.41) is 24.4. The van der Waals surface area contributed by atoms with Gasteiger partial charge in [-0.25, -0.2) is 0 Å². The summed E-state index contributed by atoms with van der Waals surface area (Å²) in [4.78, 5) is 13.0. The minimum absolute atomic E-state index is 0.278. The first-order chi connectivity index (χ1) is 9.56. The van der Waals surface area contributed by atoms with Crippen LogP contribution in [0.1, 0.15) is 12.1 Å². The molecule has 6 nitrogen and oxygen atoms in total. The number of aryl methyl sites for hydroxylation is 1. The molecule has 1 aliphatic rings. The molecule has 2 unspecified atom stereocenters. The van der Waals surface area contributed by atoms with Crippen LogP contribution in [0.3, 0.4) is 0 Å². The number of hydrogen-bond donors (Lipinski definition) is 2. The molecular formula is C14H17N3O3. The first-order valence-electron chi connectivity index (χ1n) is 6.62. The predicted molar refractivity (Wildman–Crippen MR) is 73.2 cm³/mol. The van der Waals surface area contributed by atoms with Crippen molar-refractivity contribution in [2.24, 2.45) is 7.05 Å². The van der Waals surface area contributed by atoms with Gasteiger partial charge in [-0.2, -0.15) is 5.10 Å². The zero-order chi connectivity index (χ0) is 14.3. The Hall–Kier alpha value is -1.92. The van der Waals surface area contributed by atoms with Crippen molar-refractivity contribution in [3.8, 4) is 0 Å². The molecule has 0 radical (unpaired) electrons. The van der Waals surface area contributed by atoms with E-state index < -0.39 is 18.1 Å². The standard InChI is InChI=1S/C14H17N3O3/c1-16-12-5-3-2-4-10(12)11(15-16)8-17-7-9(18)6-13(17)14(19)20/h2-5,9,13,18H,6-8H2,1H3,(H,19,20). The molecule has 6 heteroatoms. The van der Waals surface area contributed by atoms with Gasteiger partial charge in [0.1, 0.15) is 6.04 Å². The third kappa shape index (κ3) is 2.17. The normalized spacial score (nSPS) is 23.5. The van der Waals surface area contributed by atoms with Crippen molar-refractivity contribution < 1.29 is 15.0 Å². The van der Waals surface area contributed by atoms with Crippen LogP contribution in [0.25, 0.3) is 10.9 Å². The number of aliphatic carboxylic acids is 1. The Morgan fingerprint density at radius 1 is 1.45 bits per heavy atom. The topological polar surface area (TPSA) is 78.6 Å². The molecule has 1 saturated heterocycles. The number of aliphatic hydroxyl groups excluding tert-OH is 1. The zero-order valence-corrected chi connectivity index (χ0v) is 11.2. The first kappa shape index (κ1) is 13.1. The number of carbonyl (C=O) groups is 1. The lowest BCUT2D eigenvalue weighted by molar-refractivity contribution is -0.142. The molecule has 0 aliphatic carbocycles. The van der Waals surface area contributed by atoms with Crippen LogP contribution >= 0.6 is 0 Å². The van der Waals surface area contributed by atoms with E-state index in [0.717, 1.165) is 16.6 Å². The van der Waals surface area contributed by atoms with Gasteiger partial charge in [0.05, 0.1) is 17.3 Å². The van der Waals surface area contributed by atoms with E-state index >= 15 is 0 Å². The Kier molecular flexibility index (Phi) is 3.19. The van der Waals surface area contributed by atoms with Gasteiger partial charge in [0.15, 0.2) is 0 Å². The third-order valence-electron chi connectivity index (χ3n) is 3.85. The van der Waals surface area contributed by atoms with Gasteiger partial charge in [-0.3, -0.25) is 14.4 Å². The monoisotopic (exact) mass is 275 g/mol. The summed E-state index contributed by atoms with van der Waals surface area (Å²) < 4.78 is 1.80. The van der Waals surface area contributed by atoms with Gasteiger partial charge < -0.3 is 10.2 Å². The molecule has 2 N–H and O–H groups in total. The molecule has 2 heterocycles. The van der Waals surface area contributed by atoms with Crippen molar-refractivity contribution in [3.05, 3.63) is 30.0 Å². The highest BCUT2D eigenvalue weighted by molar-refractivity contribution is 5.82. The lowest BCUT2D eigenvalue weighted by atomic mass is 10.2. The van der Waals surface area contributed by atoms with Gasteiger partial charge in [0.2, 0.25) is 0 Å². The summed E-state index contributed by atoms with van der Waals surface area (Å²) in [6, 6.07) is 7.24. The van der Waals surface area contributed by atoms with Crippen molar-refractivity contribution in [2.75, 3.05) is 6.54 Å². The first-order valence-corrected chi connectivity index (χ1v) is 6.62. The number of likely N-dealkylation sites (tertiary alicyclic amines) is 1. The fourth-order valence-corrected chi connectivity index (χ4v) is 2.91. The van der Waals surface area contributed by atoms with Gasteiger partial charge in [0.25, 0.3) is 0 Å². The van der Waals surface area contributed by atoms with Crippen molar-refractivity contribution in [1.82, 2.24) is 14.7 Å². The summed E-state index contributed by atoms with van der Waals surface area (Å²) >= 11 is 0.